The average Bonchev–Trinajstić information content (AvgIpc) is 3.17. The standard InChI is InChI=1S/C23H29FN2O2/c1-27-21-8-5-18-10-16-26(22(18)23(21)28-2)20-11-14-25(15-12-20)13-9-17-3-6-19(24)7-4-17/h3-8,20H,9-16H2,1-2H3. The largest absolute Gasteiger partial charge is 0.493 e. The summed E-state index contributed by atoms with van der Waals surface area (Å²) in [5.74, 6) is 1.52. The fourth-order valence-electron chi connectivity index (χ4n) is 4.58. The summed E-state index contributed by atoms with van der Waals surface area (Å²) < 4.78 is 24.3. The summed E-state index contributed by atoms with van der Waals surface area (Å²) in [6.07, 6.45) is 4.36. The number of piperidine rings is 1. The smallest absolute Gasteiger partial charge is 0.184 e. The first-order chi connectivity index (χ1) is 13.7. The summed E-state index contributed by atoms with van der Waals surface area (Å²) in [6, 6.07) is 11.6. The molecule has 0 N–H and O–H groups in total. The van der Waals surface area contributed by atoms with E-state index in [1.165, 1.54) is 16.8 Å². The van der Waals surface area contributed by atoms with Crippen LogP contribution in [0.25, 0.3) is 0 Å². The van der Waals surface area contributed by atoms with Crippen LogP contribution < -0.4 is 14.4 Å². The van der Waals surface area contributed by atoms with Crippen molar-refractivity contribution in [2.45, 2.75) is 31.7 Å². The fourth-order valence-corrected chi connectivity index (χ4v) is 4.58. The highest BCUT2D eigenvalue weighted by Crippen LogP contribution is 2.45. The lowest BCUT2D eigenvalue weighted by Gasteiger charge is -2.38. The second-order valence-corrected chi connectivity index (χ2v) is 7.70. The fraction of sp³-hybridized carbons (Fsp3) is 0.478. The molecule has 2 heterocycles. The van der Waals surface area contributed by atoms with Gasteiger partial charge < -0.3 is 19.3 Å². The molecule has 0 atom stereocenters. The number of hydrogen-bond acceptors (Lipinski definition) is 4. The zero-order chi connectivity index (χ0) is 19.5. The number of fused-ring (bicyclic) bond motifs is 1. The molecule has 0 aliphatic carbocycles. The van der Waals surface area contributed by atoms with Gasteiger partial charge in [0.15, 0.2) is 11.5 Å². The maximum Gasteiger partial charge on any atom is 0.184 e. The number of nitrogens with zero attached hydrogens (tertiary/aromatic N) is 2. The second kappa shape index (κ2) is 8.39. The summed E-state index contributed by atoms with van der Waals surface area (Å²) >= 11 is 0. The molecular formula is C23H29FN2O2. The Kier molecular flexibility index (Phi) is 5.72. The number of ether oxygens (including phenoxy) is 2. The lowest BCUT2D eigenvalue weighted by Crippen LogP contribution is -2.45. The molecule has 4 nitrogen and oxygen atoms in total. The Morgan fingerprint density at radius 2 is 1.71 bits per heavy atom. The van der Waals surface area contributed by atoms with Gasteiger partial charge in [-0.25, -0.2) is 4.39 Å². The molecule has 2 aliphatic heterocycles. The predicted molar refractivity (Wildman–Crippen MR) is 110 cm³/mol. The van der Waals surface area contributed by atoms with Gasteiger partial charge >= 0.3 is 0 Å². The van der Waals surface area contributed by atoms with Crippen molar-refractivity contribution >= 4 is 5.69 Å². The van der Waals surface area contributed by atoms with Crippen molar-refractivity contribution < 1.29 is 13.9 Å². The van der Waals surface area contributed by atoms with Gasteiger partial charge in [-0.1, -0.05) is 18.2 Å². The summed E-state index contributed by atoms with van der Waals surface area (Å²) in [7, 11) is 3.43. The van der Waals surface area contributed by atoms with Gasteiger partial charge in [-0.2, -0.15) is 0 Å². The Bertz CT molecular complexity index is 801. The summed E-state index contributed by atoms with van der Waals surface area (Å²) in [5.41, 5.74) is 3.79. The van der Waals surface area contributed by atoms with Crippen molar-refractivity contribution in [3.8, 4) is 11.5 Å². The van der Waals surface area contributed by atoms with Gasteiger partial charge in [0.05, 0.1) is 19.9 Å². The highest BCUT2D eigenvalue weighted by Gasteiger charge is 2.32. The van der Waals surface area contributed by atoms with Gasteiger partial charge in [-0.3, -0.25) is 0 Å². The Balaban J connectivity index is 1.37. The number of likely N-dealkylation sites (tertiary alicyclic amines) is 1. The topological polar surface area (TPSA) is 24.9 Å². The van der Waals surface area contributed by atoms with Gasteiger partial charge in [0.1, 0.15) is 5.82 Å². The molecule has 1 saturated heterocycles. The van der Waals surface area contributed by atoms with E-state index in [0.717, 1.165) is 63.4 Å². The van der Waals surface area contributed by atoms with Gasteiger partial charge in [-0.15, -0.1) is 0 Å². The van der Waals surface area contributed by atoms with E-state index in [1.807, 2.05) is 18.2 Å². The minimum absolute atomic E-state index is 0.164. The molecule has 0 bridgehead atoms. The van der Waals surface area contributed by atoms with Gasteiger partial charge in [0, 0.05) is 32.2 Å². The first kappa shape index (κ1) is 19.1. The molecule has 2 aromatic rings. The van der Waals surface area contributed by atoms with Crippen LogP contribution in [0, 0.1) is 5.82 Å². The van der Waals surface area contributed by atoms with Crippen LogP contribution in [0.1, 0.15) is 24.0 Å². The van der Waals surface area contributed by atoms with E-state index in [9.17, 15) is 4.39 Å². The van der Waals surface area contributed by atoms with Crippen LogP contribution in [0.3, 0.4) is 0 Å². The number of methoxy groups -OCH3 is 2. The lowest BCUT2D eigenvalue weighted by atomic mass is 10.0. The van der Waals surface area contributed by atoms with Crippen molar-refractivity contribution in [2.75, 3.05) is 45.3 Å². The van der Waals surface area contributed by atoms with E-state index < -0.39 is 0 Å². The molecule has 0 radical (unpaired) electrons. The SMILES string of the molecule is COc1ccc2c(c1OC)N(C1CCN(CCc3ccc(F)cc3)CC1)CC2. The molecule has 2 aromatic carbocycles. The van der Waals surface area contributed by atoms with E-state index in [-0.39, 0.29) is 5.82 Å². The van der Waals surface area contributed by atoms with Crippen LogP contribution >= 0.6 is 0 Å². The van der Waals surface area contributed by atoms with Gasteiger partial charge in [0.2, 0.25) is 0 Å². The van der Waals surface area contributed by atoms with E-state index in [1.54, 1.807) is 26.4 Å². The molecule has 0 spiro atoms. The van der Waals surface area contributed by atoms with Crippen LogP contribution in [-0.4, -0.2) is 51.3 Å². The molecule has 2 aliphatic rings. The Hall–Kier alpha value is -2.27. The second-order valence-electron chi connectivity index (χ2n) is 7.70. The molecule has 0 aromatic heterocycles. The number of halogens is 1. The third-order valence-corrected chi connectivity index (χ3v) is 6.14. The Morgan fingerprint density at radius 3 is 2.39 bits per heavy atom. The van der Waals surface area contributed by atoms with Gasteiger partial charge in [-0.05, 0) is 55.0 Å². The third kappa shape index (κ3) is 3.81. The van der Waals surface area contributed by atoms with E-state index in [4.69, 9.17) is 9.47 Å². The van der Waals surface area contributed by atoms with Crippen LogP contribution in [-0.2, 0) is 12.8 Å². The minimum Gasteiger partial charge on any atom is -0.493 e. The van der Waals surface area contributed by atoms with Crippen molar-refractivity contribution in [3.63, 3.8) is 0 Å². The third-order valence-electron chi connectivity index (χ3n) is 6.14. The van der Waals surface area contributed by atoms with Gasteiger partial charge in [0.25, 0.3) is 0 Å². The van der Waals surface area contributed by atoms with Crippen LogP contribution in [0.2, 0.25) is 0 Å². The number of hydrogen-bond donors (Lipinski definition) is 0. The summed E-state index contributed by atoms with van der Waals surface area (Å²) in [5, 5.41) is 0. The van der Waals surface area contributed by atoms with Crippen molar-refractivity contribution in [1.29, 1.82) is 0 Å². The molecule has 28 heavy (non-hydrogen) atoms. The summed E-state index contributed by atoms with van der Waals surface area (Å²) in [6.45, 7) is 4.29. The monoisotopic (exact) mass is 384 g/mol. The first-order valence-electron chi connectivity index (χ1n) is 10.2. The molecular weight excluding hydrogens is 355 g/mol. The molecule has 150 valence electrons. The zero-order valence-corrected chi connectivity index (χ0v) is 16.8. The van der Waals surface area contributed by atoms with Crippen molar-refractivity contribution in [1.82, 2.24) is 4.90 Å². The molecule has 0 saturated carbocycles. The molecule has 0 unspecified atom stereocenters. The van der Waals surface area contributed by atoms with Crippen molar-refractivity contribution in [3.05, 3.63) is 53.3 Å². The minimum atomic E-state index is -0.164. The number of benzene rings is 2. The zero-order valence-electron chi connectivity index (χ0n) is 16.8. The molecule has 5 heteroatoms. The number of rotatable bonds is 6. The molecule has 1 fully saturated rings. The lowest BCUT2D eigenvalue weighted by molar-refractivity contribution is 0.211. The normalized spacial score (nSPS) is 17.6. The van der Waals surface area contributed by atoms with E-state index in [0.29, 0.717) is 6.04 Å². The van der Waals surface area contributed by atoms with Crippen molar-refractivity contribution in [2.24, 2.45) is 0 Å². The molecule has 0 amide bonds. The highest BCUT2D eigenvalue weighted by atomic mass is 19.1. The maximum absolute atomic E-state index is 13.0. The van der Waals surface area contributed by atoms with E-state index >= 15 is 0 Å². The maximum atomic E-state index is 13.0. The van der Waals surface area contributed by atoms with Crippen LogP contribution in [0.15, 0.2) is 36.4 Å². The van der Waals surface area contributed by atoms with Crippen LogP contribution in [0.5, 0.6) is 11.5 Å². The summed E-state index contributed by atoms with van der Waals surface area (Å²) in [4.78, 5) is 5.06. The molecule has 4 rings (SSSR count). The first-order valence-corrected chi connectivity index (χ1v) is 10.2. The average molecular weight is 384 g/mol. The number of anilines is 1. The predicted octanol–water partition coefficient (Wildman–Crippen LogP) is 3.91. The van der Waals surface area contributed by atoms with Crippen LogP contribution in [0.4, 0.5) is 10.1 Å². The highest BCUT2D eigenvalue weighted by molar-refractivity contribution is 5.72. The quantitative estimate of drug-likeness (QED) is 0.754. The Labute approximate surface area is 166 Å². The Morgan fingerprint density at radius 1 is 0.964 bits per heavy atom. The van der Waals surface area contributed by atoms with E-state index in [2.05, 4.69) is 15.9 Å².